The molecular weight excluding hydrogens is 362 g/mol. The van der Waals surface area contributed by atoms with Gasteiger partial charge in [0.1, 0.15) is 0 Å². The van der Waals surface area contributed by atoms with E-state index in [-0.39, 0.29) is 5.91 Å². The van der Waals surface area contributed by atoms with Gasteiger partial charge in [0.25, 0.3) is 5.91 Å². The van der Waals surface area contributed by atoms with Crippen LogP contribution in [0.3, 0.4) is 0 Å². The molecule has 0 aliphatic heterocycles. The number of carbonyl (C=O) groups is 1. The monoisotopic (exact) mass is 389 g/mol. The molecule has 1 aromatic heterocycles. The second-order valence-corrected chi connectivity index (χ2v) is 6.25. The number of nitrogens with one attached hydrogen (secondary N) is 2. The third-order valence-electron chi connectivity index (χ3n) is 3.90. The number of aromatic nitrogens is 2. The molecule has 0 saturated heterocycles. The lowest BCUT2D eigenvalue weighted by Crippen LogP contribution is -2.17. The Morgan fingerprint density at radius 1 is 1.04 bits per heavy atom. The van der Waals surface area contributed by atoms with Crippen LogP contribution in [0.4, 0.5) is 11.6 Å². The number of benzene rings is 1. The first-order chi connectivity index (χ1) is 13.5. The number of nitrogens with zero attached hydrogens (tertiary/aromatic N) is 3. The summed E-state index contributed by atoms with van der Waals surface area (Å²) in [6.45, 7) is 1.73. The maximum Gasteiger partial charge on any atom is 0.258 e. The zero-order chi connectivity index (χ0) is 20.5. The van der Waals surface area contributed by atoms with Gasteiger partial charge in [-0.15, -0.1) is 0 Å². The molecule has 0 unspecified atom stereocenters. The predicted octanol–water partition coefficient (Wildman–Crippen LogP) is 2.12. The van der Waals surface area contributed by atoms with E-state index in [0.29, 0.717) is 34.4 Å². The molecule has 9 nitrogen and oxygen atoms in total. The van der Waals surface area contributed by atoms with Crippen molar-refractivity contribution in [2.45, 2.75) is 6.42 Å². The normalized spacial score (nSPS) is 10.5. The molecular formula is C19H27N5O4. The highest BCUT2D eigenvalue weighted by atomic mass is 16.5. The standard InChI is InChI=1S/C19H27N5O4/c1-24(2)8-6-7-20-19-21-11-13(12-22-19)18(25)23-14-9-15(26-3)17(28-5)16(10-14)27-4/h9-12H,6-8H2,1-5H3,(H,23,25)(H,20,21,22). The van der Waals surface area contributed by atoms with Crippen molar-refractivity contribution < 1.29 is 19.0 Å². The van der Waals surface area contributed by atoms with Crippen LogP contribution in [0.15, 0.2) is 24.5 Å². The van der Waals surface area contributed by atoms with Crippen molar-refractivity contribution in [2.24, 2.45) is 0 Å². The molecule has 0 aliphatic rings. The summed E-state index contributed by atoms with van der Waals surface area (Å²) in [5, 5.41) is 5.91. The minimum absolute atomic E-state index is 0.339. The summed E-state index contributed by atoms with van der Waals surface area (Å²) in [5.41, 5.74) is 0.845. The van der Waals surface area contributed by atoms with Crippen molar-refractivity contribution in [1.82, 2.24) is 14.9 Å². The van der Waals surface area contributed by atoms with Crippen LogP contribution < -0.4 is 24.8 Å². The first kappa shape index (κ1) is 21.2. The zero-order valence-electron chi connectivity index (χ0n) is 16.9. The van der Waals surface area contributed by atoms with Crippen LogP contribution in [0.5, 0.6) is 17.2 Å². The maximum absolute atomic E-state index is 12.5. The molecule has 2 aromatic rings. The van der Waals surface area contributed by atoms with Gasteiger partial charge in [0, 0.05) is 36.8 Å². The van der Waals surface area contributed by atoms with E-state index in [0.717, 1.165) is 19.5 Å². The van der Waals surface area contributed by atoms with E-state index in [1.165, 1.54) is 33.7 Å². The third kappa shape index (κ3) is 5.71. The van der Waals surface area contributed by atoms with Crippen LogP contribution in [-0.4, -0.2) is 69.3 Å². The Morgan fingerprint density at radius 2 is 1.64 bits per heavy atom. The fourth-order valence-corrected chi connectivity index (χ4v) is 2.49. The molecule has 0 fully saturated rings. The lowest BCUT2D eigenvalue weighted by atomic mass is 10.2. The predicted molar refractivity (Wildman–Crippen MR) is 108 cm³/mol. The van der Waals surface area contributed by atoms with E-state index >= 15 is 0 Å². The minimum Gasteiger partial charge on any atom is -0.493 e. The smallest absolute Gasteiger partial charge is 0.258 e. The SMILES string of the molecule is COc1cc(NC(=O)c2cnc(NCCCN(C)C)nc2)cc(OC)c1OC. The summed E-state index contributed by atoms with van der Waals surface area (Å²) in [7, 11) is 8.60. The number of hydrogen-bond acceptors (Lipinski definition) is 8. The number of hydrogen-bond donors (Lipinski definition) is 2. The van der Waals surface area contributed by atoms with Crippen LogP contribution in [0.2, 0.25) is 0 Å². The number of amides is 1. The molecule has 0 atom stereocenters. The Hall–Kier alpha value is -3.07. The van der Waals surface area contributed by atoms with Crippen molar-refractivity contribution in [3.63, 3.8) is 0 Å². The quantitative estimate of drug-likeness (QED) is 0.597. The highest BCUT2D eigenvalue weighted by molar-refractivity contribution is 6.04. The summed E-state index contributed by atoms with van der Waals surface area (Å²) in [4.78, 5) is 23.0. The van der Waals surface area contributed by atoms with Gasteiger partial charge in [-0.05, 0) is 27.1 Å². The van der Waals surface area contributed by atoms with Gasteiger partial charge in [-0.1, -0.05) is 0 Å². The van der Waals surface area contributed by atoms with Gasteiger partial charge in [0.15, 0.2) is 11.5 Å². The number of methoxy groups -OCH3 is 3. The van der Waals surface area contributed by atoms with Gasteiger partial charge in [-0.3, -0.25) is 4.79 Å². The summed E-state index contributed by atoms with van der Waals surface area (Å²) in [6, 6.07) is 3.31. The average Bonchev–Trinajstić information content (AvgIpc) is 2.70. The molecule has 1 amide bonds. The van der Waals surface area contributed by atoms with Crippen molar-refractivity contribution in [3.05, 3.63) is 30.1 Å². The van der Waals surface area contributed by atoms with Crippen LogP contribution in [0.25, 0.3) is 0 Å². The molecule has 0 radical (unpaired) electrons. The van der Waals surface area contributed by atoms with Crippen LogP contribution >= 0.6 is 0 Å². The summed E-state index contributed by atoms with van der Waals surface area (Å²) in [5.74, 6) is 1.50. The summed E-state index contributed by atoms with van der Waals surface area (Å²) in [6.07, 6.45) is 3.93. The lowest BCUT2D eigenvalue weighted by Gasteiger charge is -2.14. The molecule has 0 saturated carbocycles. The second-order valence-electron chi connectivity index (χ2n) is 6.25. The van der Waals surface area contributed by atoms with Gasteiger partial charge in [0.05, 0.1) is 26.9 Å². The molecule has 1 aromatic carbocycles. The van der Waals surface area contributed by atoms with E-state index in [4.69, 9.17) is 14.2 Å². The molecule has 0 aliphatic carbocycles. The zero-order valence-corrected chi connectivity index (χ0v) is 16.9. The third-order valence-corrected chi connectivity index (χ3v) is 3.90. The Bertz CT molecular complexity index is 755. The van der Waals surface area contributed by atoms with Gasteiger partial charge in [-0.2, -0.15) is 0 Å². The first-order valence-electron chi connectivity index (χ1n) is 8.80. The Labute approximate surface area is 165 Å². The molecule has 0 spiro atoms. The van der Waals surface area contributed by atoms with Crippen LogP contribution in [-0.2, 0) is 0 Å². The topological polar surface area (TPSA) is 97.8 Å². The number of carbonyl (C=O) groups excluding carboxylic acids is 1. The van der Waals surface area contributed by atoms with Crippen molar-refractivity contribution in [2.75, 3.05) is 59.1 Å². The molecule has 0 bridgehead atoms. The molecule has 28 heavy (non-hydrogen) atoms. The van der Waals surface area contributed by atoms with Gasteiger partial charge in [-0.25, -0.2) is 9.97 Å². The van der Waals surface area contributed by atoms with E-state index in [9.17, 15) is 4.79 Å². The lowest BCUT2D eigenvalue weighted by molar-refractivity contribution is 0.102. The minimum atomic E-state index is -0.339. The number of anilines is 2. The fourth-order valence-electron chi connectivity index (χ4n) is 2.49. The maximum atomic E-state index is 12.5. The van der Waals surface area contributed by atoms with E-state index in [2.05, 4.69) is 25.5 Å². The Kier molecular flexibility index (Phi) is 7.82. The van der Waals surface area contributed by atoms with Gasteiger partial charge in [0.2, 0.25) is 11.7 Å². The highest BCUT2D eigenvalue weighted by Gasteiger charge is 2.15. The van der Waals surface area contributed by atoms with Crippen molar-refractivity contribution in [3.8, 4) is 17.2 Å². The van der Waals surface area contributed by atoms with Crippen LogP contribution in [0.1, 0.15) is 16.8 Å². The van der Waals surface area contributed by atoms with E-state index in [1.54, 1.807) is 12.1 Å². The van der Waals surface area contributed by atoms with Crippen molar-refractivity contribution >= 4 is 17.5 Å². The molecule has 1 heterocycles. The van der Waals surface area contributed by atoms with E-state index < -0.39 is 0 Å². The summed E-state index contributed by atoms with van der Waals surface area (Å²) < 4.78 is 15.9. The average molecular weight is 389 g/mol. The number of ether oxygens (including phenoxy) is 3. The molecule has 2 N–H and O–H groups in total. The highest BCUT2D eigenvalue weighted by Crippen LogP contribution is 2.39. The number of rotatable bonds is 10. The van der Waals surface area contributed by atoms with Crippen molar-refractivity contribution in [1.29, 1.82) is 0 Å². The summed E-state index contributed by atoms with van der Waals surface area (Å²) >= 11 is 0. The van der Waals surface area contributed by atoms with Gasteiger partial charge < -0.3 is 29.7 Å². The molecule has 2 rings (SSSR count). The largest absolute Gasteiger partial charge is 0.493 e. The Morgan fingerprint density at radius 3 is 2.14 bits per heavy atom. The first-order valence-corrected chi connectivity index (χ1v) is 8.80. The second kappa shape index (κ2) is 10.3. The molecule has 9 heteroatoms. The molecule has 152 valence electrons. The fraction of sp³-hybridized carbons (Fsp3) is 0.421. The van der Waals surface area contributed by atoms with E-state index in [1.807, 2.05) is 14.1 Å². The van der Waals surface area contributed by atoms with Gasteiger partial charge >= 0.3 is 0 Å². The van der Waals surface area contributed by atoms with Crippen LogP contribution in [0, 0.1) is 0 Å². The Balaban J connectivity index is 2.02.